The molecule has 2 aliphatic rings. The summed E-state index contributed by atoms with van der Waals surface area (Å²) in [5, 5.41) is 9.20. The van der Waals surface area contributed by atoms with Gasteiger partial charge >= 0.3 is 0 Å². The minimum Gasteiger partial charge on any atom is -0.366 e. The number of fused-ring (bicyclic) bond motifs is 1. The fraction of sp³-hybridized carbons (Fsp3) is 0.455. The van der Waals surface area contributed by atoms with Gasteiger partial charge in [0.15, 0.2) is 5.15 Å². The second-order valence-corrected chi connectivity index (χ2v) is 8.95. The van der Waals surface area contributed by atoms with Crippen molar-refractivity contribution in [2.45, 2.75) is 37.8 Å². The lowest BCUT2D eigenvalue weighted by molar-refractivity contribution is 0.131. The summed E-state index contributed by atoms with van der Waals surface area (Å²) in [5.41, 5.74) is 1.88. The smallest absolute Gasteiger partial charge is 0.172 e. The predicted molar refractivity (Wildman–Crippen MR) is 119 cm³/mol. The Morgan fingerprint density at radius 3 is 2.43 bits per heavy atom. The number of hydrogen-bond donors (Lipinski definition) is 0. The Morgan fingerprint density at radius 1 is 0.933 bits per heavy atom. The summed E-state index contributed by atoms with van der Waals surface area (Å²) >= 11 is 12.3. The molecule has 1 saturated heterocycles. The summed E-state index contributed by atoms with van der Waals surface area (Å²) in [7, 11) is 0. The number of aromatic nitrogens is 3. The van der Waals surface area contributed by atoms with E-state index < -0.39 is 0 Å². The van der Waals surface area contributed by atoms with Crippen LogP contribution < -0.4 is 4.90 Å². The Bertz CT molecular complexity index is 1040. The second kappa shape index (κ2) is 8.33. The molecule has 0 atom stereocenters. The van der Waals surface area contributed by atoms with Crippen molar-refractivity contribution in [3.63, 3.8) is 0 Å². The molecule has 0 unspecified atom stereocenters. The van der Waals surface area contributed by atoms with E-state index in [9.17, 15) is 4.39 Å². The molecule has 0 N–H and O–H groups in total. The fourth-order valence-corrected chi connectivity index (χ4v) is 5.41. The maximum atomic E-state index is 14.0. The lowest BCUT2D eigenvalue weighted by atomic mass is 9.89. The molecule has 0 radical (unpaired) electrons. The number of nitrogens with zero attached hydrogens (tertiary/aromatic N) is 5. The first-order valence-electron chi connectivity index (χ1n) is 10.5. The molecule has 2 aromatic heterocycles. The molecule has 2 fully saturated rings. The van der Waals surface area contributed by atoms with E-state index in [1.807, 2.05) is 12.1 Å². The fourth-order valence-electron chi connectivity index (χ4n) is 5.06. The van der Waals surface area contributed by atoms with Crippen LogP contribution in [-0.2, 0) is 0 Å². The van der Waals surface area contributed by atoms with Crippen molar-refractivity contribution in [1.29, 1.82) is 0 Å². The third kappa shape index (κ3) is 3.66. The molecule has 0 spiro atoms. The highest BCUT2D eigenvalue weighted by molar-refractivity contribution is 6.42. The second-order valence-electron chi connectivity index (χ2n) is 8.22. The van der Waals surface area contributed by atoms with Crippen LogP contribution in [0, 0.1) is 5.82 Å². The standard InChI is InChI=1S/C22H24Cl2FN5/c23-21-20(14-26-27-22(21)24)29-12-10-28(11-13-29)15-4-6-16(7-5-15)30-9-8-17-18(25)2-1-3-19(17)30/h1-3,8-9,14-16H,4-7,10-13H2. The Labute approximate surface area is 185 Å². The summed E-state index contributed by atoms with van der Waals surface area (Å²) in [6.07, 6.45) is 8.34. The Morgan fingerprint density at radius 2 is 1.67 bits per heavy atom. The van der Waals surface area contributed by atoms with Gasteiger partial charge in [0.25, 0.3) is 0 Å². The number of benzene rings is 1. The average Bonchev–Trinajstić information content (AvgIpc) is 3.22. The number of anilines is 1. The zero-order chi connectivity index (χ0) is 20.7. The SMILES string of the molecule is Fc1cccc2c1ccn2C1CCC(N2CCN(c3cnnc(Cl)c3Cl)CC2)CC1. The average molecular weight is 448 g/mol. The monoisotopic (exact) mass is 447 g/mol. The summed E-state index contributed by atoms with van der Waals surface area (Å²) in [4.78, 5) is 4.84. The van der Waals surface area contributed by atoms with Crippen molar-refractivity contribution in [2.24, 2.45) is 0 Å². The van der Waals surface area contributed by atoms with E-state index in [1.165, 1.54) is 18.9 Å². The molecule has 0 amide bonds. The van der Waals surface area contributed by atoms with Crippen LogP contribution in [0.1, 0.15) is 31.7 Å². The number of halogens is 3. The van der Waals surface area contributed by atoms with Crippen LogP contribution in [0.2, 0.25) is 10.2 Å². The highest BCUT2D eigenvalue weighted by atomic mass is 35.5. The van der Waals surface area contributed by atoms with Gasteiger partial charge < -0.3 is 9.47 Å². The molecule has 1 aromatic carbocycles. The third-order valence-corrected chi connectivity index (χ3v) is 7.41. The van der Waals surface area contributed by atoms with E-state index in [4.69, 9.17) is 23.2 Å². The van der Waals surface area contributed by atoms with E-state index in [2.05, 4.69) is 30.8 Å². The molecule has 0 bridgehead atoms. The molecular weight excluding hydrogens is 424 g/mol. The third-order valence-electron chi connectivity index (χ3n) is 6.67. The number of hydrogen-bond acceptors (Lipinski definition) is 4. The van der Waals surface area contributed by atoms with E-state index in [0.29, 0.717) is 17.1 Å². The summed E-state index contributed by atoms with van der Waals surface area (Å²) < 4.78 is 16.3. The van der Waals surface area contributed by atoms with Gasteiger partial charge in [-0.05, 0) is 43.9 Å². The quantitative estimate of drug-likeness (QED) is 0.553. The van der Waals surface area contributed by atoms with Crippen LogP contribution in [0.3, 0.4) is 0 Å². The Kier molecular flexibility index (Phi) is 5.56. The van der Waals surface area contributed by atoms with Gasteiger partial charge in [0.2, 0.25) is 0 Å². The number of piperazine rings is 1. The minimum absolute atomic E-state index is 0.136. The summed E-state index contributed by atoms with van der Waals surface area (Å²) in [6, 6.07) is 8.32. The Balaban J connectivity index is 1.20. The molecule has 1 aliphatic heterocycles. The molecule has 30 heavy (non-hydrogen) atoms. The molecule has 5 rings (SSSR count). The van der Waals surface area contributed by atoms with Crippen LogP contribution in [0.5, 0.6) is 0 Å². The zero-order valence-electron chi connectivity index (χ0n) is 16.6. The first-order chi connectivity index (χ1) is 14.6. The van der Waals surface area contributed by atoms with Crippen molar-refractivity contribution >= 4 is 39.8 Å². The normalized spacial score (nSPS) is 23.2. The van der Waals surface area contributed by atoms with Crippen LogP contribution in [0.25, 0.3) is 10.9 Å². The number of rotatable bonds is 3. The van der Waals surface area contributed by atoms with Crippen molar-refractivity contribution in [3.05, 3.63) is 52.7 Å². The van der Waals surface area contributed by atoms with Gasteiger partial charge in [0.1, 0.15) is 10.8 Å². The molecule has 158 valence electrons. The molecular formula is C22H24Cl2FN5. The summed E-state index contributed by atoms with van der Waals surface area (Å²) in [5.74, 6) is -0.136. The van der Waals surface area contributed by atoms with Gasteiger partial charge in [-0.15, -0.1) is 5.10 Å². The highest BCUT2D eigenvalue weighted by Gasteiger charge is 2.30. The highest BCUT2D eigenvalue weighted by Crippen LogP contribution is 2.35. The minimum atomic E-state index is -0.136. The first-order valence-corrected chi connectivity index (χ1v) is 11.3. The van der Waals surface area contributed by atoms with Gasteiger partial charge in [-0.2, -0.15) is 5.10 Å². The van der Waals surface area contributed by atoms with Gasteiger partial charge in [0.05, 0.1) is 17.4 Å². The van der Waals surface area contributed by atoms with E-state index in [0.717, 1.165) is 55.6 Å². The van der Waals surface area contributed by atoms with Crippen molar-refractivity contribution in [1.82, 2.24) is 19.7 Å². The van der Waals surface area contributed by atoms with Gasteiger partial charge in [-0.25, -0.2) is 4.39 Å². The maximum Gasteiger partial charge on any atom is 0.172 e. The largest absolute Gasteiger partial charge is 0.366 e. The molecule has 3 aromatic rings. The molecule has 3 heterocycles. The summed E-state index contributed by atoms with van der Waals surface area (Å²) in [6.45, 7) is 3.82. The van der Waals surface area contributed by atoms with Crippen LogP contribution in [0.15, 0.2) is 36.7 Å². The Hall–Kier alpha value is -1.89. The lowest BCUT2D eigenvalue weighted by Gasteiger charge is -2.43. The molecule has 1 saturated carbocycles. The van der Waals surface area contributed by atoms with Gasteiger partial charge in [0, 0.05) is 49.8 Å². The van der Waals surface area contributed by atoms with E-state index in [-0.39, 0.29) is 11.0 Å². The zero-order valence-corrected chi connectivity index (χ0v) is 18.2. The predicted octanol–water partition coefficient (Wildman–Crippen LogP) is 5.18. The lowest BCUT2D eigenvalue weighted by Crippen LogP contribution is -2.51. The van der Waals surface area contributed by atoms with Crippen LogP contribution in [-0.4, -0.2) is 51.9 Å². The first kappa shape index (κ1) is 20.0. The van der Waals surface area contributed by atoms with Gasteiger partial charge in [-0.3, -0.25) is 4.90 Å². The van der Waals surface area contributed by atoms with Crippen LogP contribution in [0.4, 0.5) is 10.1 Å². The molecule has 5 nitrogen and oxygen atoms in total. The van der Waals surface area contributed by atoms with Crippen molar-refractivity contribution < 1.29 is 4.39 Å². The van der Waals surface area contributed by atoms with E-state index in [1.54, 1.807) is 12.3 Å². The van der Waals surface area contributed by atoms with Gasteiger partial charge in [-0.1, -0.05) is 29.3 Å². The van der Waals surface area contributed by atoms with Crippen LogP contribution >= 0.6 is 23.2 Å². The molecule has 1 aliphatic carbocycles. The maximum absolute atomic E-state index is 14.0. The van der Waals surface area contributed by atoms with E-state index >= 15 is 0 Å². The van der Waals surface area contributed by atoms with Crippen molar-refractivity contribution in [3.8, 4) is 0 Å². The topological polar surface area (TPSA) is 37.2 Å². The molecule has 8 heteroatoms. The van der Waals surface area contributed by atoms with Crippen molar-refractivity contribution in [2.75, 3.05) is 31.1 Å².